The van der Waals surface area contributed by atoms with Gasteiger partial charge in [0.15, 0.2) is 0 Å². The summed E-state index contributed by atoms with van der Waals surface area (Å²) in [5.41, 5.74) is 12.1. The molecule has 0 nitrogen and oxygen atoms in total. The maximum absolute atomic E-state index is 2.30. The summed E-state index contributed by atoms with van der Waals surface area (Å²) in [6, 6.07) is 8.74. The number of hydrogen-bond acceptors (Lipinski definition) is 0. The highest BCUT2D eigenvalue weighted by Gasteiger charge is 2.22. The van der Waals surface area contributed by atoms with Crippen LogP contribution in [0.15, 0.2) is 24.3 Å². The molecular weight excluding hydrogens is 312 g/mol. The van der Waals surface area contributed by atoms with Crippen LogP contribution >= 0.6 is 0 Å². The highest BCUT2D eigenvalue weighted by Crippen LogP contribution is 2.34. The Balaban J connectivity index is 0.000000273. The molecule has 0 radical (unpaired) electrons. The quantitative estimate of drug-likeness (QED) is 0.453. The molecule has 0 aliphatic carbocycles. The Morgan fingerprint density at radius 1 is 0.462 bits per heavy atom. The number of benzene rings is 2. The molecule has 0 spiro atoms. The fourth-order valence-electron chi connectivity index (χ4n) is 3.68. The van der Waals surface area contributed by atoms with E-state index in [4.69, 9.17) is 0 Å². The molecule has 2 aromatic rings. The molecule has 0 heterocycles. The fourth-order valence-corrected chi connectivity index (χ4v) is 3.68. The van der Waals surface area contributed by atoms with Crippen molar-refractivity contribution >= 4 is 0 Å². The van der Waals surface area contributed by atoms with Crippen LogP contribution in [0, 0.1) is 41.5 Å². The standard InChI is InChI=1S/C15H24.C11H16/c1-9-10(2)12(4)14(15(6,7)8)13(5)11(9)3;1-9-5-7-10(8-6-9)11(2,3)4/h1-8H3;5-8H,1-4H3. The van der Waals surface area contributed by atoms with Crippen LogP contribution in [0.25, 0.3) is 0 Å². The third-order valence-electron chi connectivity index (χ3n) is 5.67. The van der Waals surface area contributed by atoms with E-state index >= 15 is 0 Å². The van der Waals surface area contributed by atoms with Crippen molar-refractivity contribution in [3.05, 3.63) is 68.8 Å². The maximum Gasteiger partial charge on any atom is -0.0126 e. The van der Waals surface area contributed by atoms with E-state index in [9.17, 15) is 0 Å². The Kier molecular flexibility index (Phi) is 6.91. The lowest BCUT2D eigenvalue weighted by Gasteiger charge is -2.28. The second-order valence-electron chi connectivity index (χ2n) is 9.87. The SMILES string of the molecule is Cc1c(C)c(C)c(C(C)(C)C)c(C)c1C.Cc1ccc(C(C)(C)C)cc1. The summed E-state index contributed by atoms with van der Waals surface area (Å²) in [7, 11) is 0. The number of aryl methyl sites for hydroxylation is 1. The molecule has 0 aromatic heterocycles. The minimum absolute atomic E-state index is 0.247. The van der Waals surface area contributed by atoms with Crippen molar-refractivity contribution in [2.75, 3.05) is 0 Å². The first kappa shape index (κ1) is 22.5. The van der Waals surface area contributed by atoms with Gasteiger partial charge in [-0.1, -0.05) is 71.4 Å². The minimum atomic E-state index is 0.247. The zero-order valence-corrected chi connectivity index (χ0v) is 19.3. The molecule has 0 atom stereocenters. The van der Waals surface area contributed by atoms with Gasteiger partial charge < -0.3 is 0 Å². The van der Waals surface area contributed by atoms with Crippen molar-refractivity contribution in [2.45, 2.75) is 93.9 Å². The first-order chi connectivity index (χ1) is 11.7. The van der Waals surface area contributed by atoms with E-state index in [1.54, 1.807) is 0 Å². The van der Waals surface area contributed by atoms with Crippen molar-refractivity contribution in [1.82, 2.24) is 0 Å². The van der Waals surface area contributed by atoms with Crippen LogP contribution in [0.5, 0.6) is 0 Å². The average molecular weight is 353 g/mol. The van der Waals surface area contributed by atoms with Gasteiger partial charge in [-0.2, -0.15) is 0 Å². The number of hydrogen-bond donors (Lipinski definition) is 0. The van der Waals surface area contributed by atoms with Crippen molar-refractivity contribution in [1.29, 1.82) is 0 Å². The summed E-state index contributed by atoms with van der Waals surface area (Å²) < 4.78 is 0. The Hall–Kier alpha value is -1.56. The molecule has 0 fully saturated rings. The number of rotatable bonds is 0. The van der Waals surface area contributed by atoms with Crippen molar-refractivity contribution in [2.24, 2.45) is 0 Å². The molecule has 0 N–H and O–H groups in total. The van der Waals surface area contributed by atoms with Crippen molar-refractivity contribution < 1.29 is 0 Å². The second-order valence-corrected chi connectivity index (χ2v) is 9.87. The molecule has 2 rings (SSSR count). The van der Waals surface area contributed by atoms with Crippen LogP contribution in [0.4, 0.5) is 0 Å². The lowest BCUT2D eigenvalue weighted by molar-refractivity contribution is 0.580. The maximum atomic E-state index is 2.30. The summed E-state index contributed by atoms with van der Waals surface area (Å²) in [5, 5.41) is 0. The zero-order valence-electron chi connectivity index (χ0n) is 19.3. The first-order valence-corrected chi connectivity index (χ1v) is 9.82. The Labute approximate surface area is 163 Å². The van der Waals surface area contributed by atoms with Gasteiger partial charge in [-0.25, -0.2) is 0 Å². The van der Waals surface area contributed by atoms with Crippen LogP contribution < -0.4 is 0 Å². The third kappa shape index (κ3) is 5.22. The molecule has 0 unspecified atom stereocenters. The highest BCUT2D eigenvalue weighted by atomic mass is 14.3. The molecule has 144 valence electrons. The van der Waals surface area contributed by atoms with Gasteiger partial charge in [0.25, 0.3) is 0 Å². The summed E-state index contributed by atoms with van der Waals surface area (Å²) in [4.78, 5) is 0. The molecule has 0 saturated carbocycles. The Morgan fingerprint density at radius 3 is 1.12 bits per heavy atom. The van der Waals surface area contributed by atoms with E-state index in [0.29, 0.717) is 0 Å². The monoisotopic (exact) mass is 352 g/mol. The van der Waals surface area contributed by atoms with E-state index in [0.717, 1.165) is 0 Å². The van der Waals surface area contributed by atoms with Gasteiger partial charge in [0.05, 0.1) is 0 Å². The lowest BCUT2D eigenvalue weighted by Crippen LogP contribution is -2.17. The van der Waals surface area contributed by atoms with Gasteiger partial charge in [0.1, 0.15) is 0 Å². The first-order valence-electron chi connectivity index (χ1n) is 9.82. The second kappa shape index (κ2) is 7.99. The normalized spacial score (nSPS) is 11.8. The predicted octanol–water partition coefficient (Wildman–Crippen LogP) is 7.82. The lowest BCUT2D eigenvalue weighted by atomic mass is 9.77. The van der Waals surface area contributed by atoms with Gasteiger partial charge in [0, 0.05) is 0 Å². The molecule has 0 aliphatic rings. The van der Waals surface area contributed by atoms with Crippen LogP contribution in [-0.4, -0.2) is 0 Å². The van der Waals surface area contributed by atoms with E-state index in [1.165, 1.54) is 44.5 Å². The molecule has 0 saturated heterocycles. The molecule has 26 heavy (non-hydrogen) atoms. The molecule has 0 aliphatic heterocycles. The van der Waals surface area contributed by atoms with Crippen molar-refractivity contribution in [3.63, 3.8) is 0 Å². The van der Waals surface area contributed by atoms with Crippen molar-refractivity contribution in [3.8, 4) is 0 Å². The molecule has 0 bridgehead atoms. The largest absolute Gasteiger partial charge is 0.0590 e. The smallest absolute Gasteiger partial charge is 0.0126 e. The third-order valence-corrected chi connectivity index (χ3v) is 5.67. The molecule has 0 amide bonds. The average Bonchev–Trinajstić information content (AvgIpc) is 2.50. The Morgan fingerprint density at radius 2 is 0.808 bits per heavy atom. The Bertz CT molecular complexity index is 716. The van der Waals surface area contributed by atoms with E-state index in [2.05, 4.69) is 107 Å². The van der Waals surface area contributed by atoms with E-state index in [-0.39, 0.29) is 10.8 Å². The van der Waals surface area contributed by atoms with Crippen LogP contribution in [0.3, 0.4) is 0 Å². The summed E-state index contributed by atoms with van der Waals surface area (Å²) in [6.07, 6.45) is 0. The fraction of sp³-hybridized carbons (Fsp3) is 0.538. The van der Waals surface area contributed by atoms with Crippen LogP contribution in [-0.2, 0) is 10.8 Å². The van der Waals surface area contributed by atoms with Gasteiger partial charge in [0.2, 0.25) is 0 Å². The molecule has 0 heteroatoms. The van der Waals surface area contributed by atoms with Gasteiger partial charge >= 0.3 is 0 Å². The molecule has 2 aromatic carbocycles. The van der Waals surface area contributed by atoms with Gasteiger partial charge in [-0.3, -0.25) is 0 Å². The van der Waals surface area contributed by atoms with Gasteiger partial charge in [-0.05, 0) is 91.3 Å². The van der Waals surface area contributed by atoms with Crippen LogP contribution in [0.1, 0.15) is 86.1 Å². The minimum Gasteiger partial charge on any atom is -0.0590 e. The van der Waals surface area contributed by atoms with E-state index in [1.807, 2.05) is 0 Å². The van der Waals surface area contributed by atoms with Crippen LogP contribution in [0.2, 0.25) is 0 Å². The summed E-state index contributed by atoms with van der Waals surface area (Å²) in [5.74, 6) is 0. The zero-order chi connectivity index (χ0) is 20.4. The summed E-state index contributed by atoms with van der Waals surface area (Å²) >= 11 is 0. The summed E-state index contributed by atoms with van der Waals surface area (Å²) in [6.45, 7) is 27.0. The molecular formula is C26H40. The predicted molar refractivity (Wildman–Crippen MR) is 119 cm³/mol. The topological polar surface area (TPSA) is 0 Å². The highest BCUT2D eigenvalue weighted by molar-refractivity contribution is 5.51. The van der Waals surface area contributed by atoms with E-state index < -0.39 is 0 Å². The van der Waals surface area contributed by atoms with Gasteiger partial charge in [-0.15, -0.1) is 0 Å².